The van der Waals surface area contributed by atoms with Gasteiger partial charge < -0.3 is 26.9 Å². The zero-order valence-electron chi connectivity index (χ0n) is 8.81. The fourth-order valence-corrected chi connectivity index (χ4v) is 1.19. The lowest BCUT2D eigenvalue weighted by Gasteiger charge is -2.21. The molecule has 2 nitrogen and oxygen atoms in total. The Balaban J connectivity index is 0. The number of nitrogens with zero attached hydrogens (tertiary/aromatic N) is 1. The lowest BCUT2D eigenvalue weighted by Crippen LogP contribution is -2.35. The van der Waals surface area contributed by atoms with Gasteiger partial charge in [-0.3, -0.25) is 0 Å². The average molecular weight is 219 g/mol. The van der Waals surface area contributed by atoms with E-state index in [0.717, 1.165) is 7.11 Å². The van der Waals surface area contributed by atoms with Crippen molar-refractivity contribution < 1.29 is 26.9 Å². The average Bonchev–Trinajstić information content (AvgIpc) is 2.35. The van der Waals surface area contributed by atoms with Gasteiger partial charge in [-0.05, 0) is 0 Å². The fraction of sp³-hybridized carbons (Fsp3) is 1.00. The number of hydrogen-bond donors (Lipinski definition) is 1. The Bertz CT molecular complexity index is 126. The molecular weight excluding hydrogens is 201 g/mol. The second-order valence-corrected chi connectivity index (χ2v) is 3.58. The molecule has 1 aliphatic heterocycles. The van der Waals surface area contributed by atoms with Gasteiger partial charge in [0.05, 0.1) is 27.2 Å². The molecule has 0 unspecified atom stereocenters. The van der Waals surface area contributed by atoms with Crippen LogP contribution in [0.15, 0.2) is 0 Å². The summed E-state index contributed by atoms with van der Waals surface area (Å²) in [4.78, 5) is 0. The largest absolute Gasteiger partial charge is 0.673 e. The molecule has 0 aromatic carbocycles. The minimum Gasteiger partial charge on any atom is -0.418 e. The van der Waals surface area contributed by atoms with Crippen molar-refractivity contribution in [3.8, 4) is 0 Å². The van der Waals surface area contributed by atoms with E-state index < -0.39 is 7.25 Å². The van der Waals surface area contributed by atoms with Crippen LogP contribution in [0.1, 0.15) is 12.8 Å². The number of quaternary nitrogens is 1. The Hall–Kier alpha value is -0.295. The Labute approximate surface area is 82.2 Å². The zero-order valence-corrected chi connectivity index (χ0v) is 8.81. The molecule has 0 spiro atoms. The van der Waals surface area contributed by atoms with E-state index >= 15 is 0 Å². The van der Waals surface area contributed by atoms with Crippen LogP contribution in [0, 0.1) is 0 Å². The standard InChI is InChI=1S/C6H14N.CH4O.BF4/c1-7(2)5-3-4-6-7;1-2;2-1(3,4)5/h3-6H2,1-2H3;2H,1H3;/q+1;;-1. The second-order valence-electron chi connectivity index (χ2n) is 3.58. The first-order chi connectivity index (χ1) is 6.21. The predicted molar refractivity (Wildman–Crippen MR) is 49.4 cm³/mol. The third-order valence-corrected chi connectivity index (χ3v) is 1.78. The molecule has 7 heteroatoms. The van der Waals surface area contributed by atoms with E-state index in [-0.39, 0.29) is 0 Å². The zero-order chi connectivity index (χ0) is 11.8. The van der Waals surface area contributed by atoms with Gasteiger partial charge in [0.15, 0.2) is 0 Å². The molecule has 88 valence electrons. The molecule has 0 saturated carbocycles. The van der Waals surface area contributed by atoms with Gasteiger partial charge in [-0.25, -0.2) is 0 Å². The van der Waals surface area contributed by atoms with Crippen molar-refractivity contribution in [2.45, 2.75) is 12.8 Å². The second kappa shape index (κ2) is 7.06. The highest BCUT2D eigenvalue weighted by Gasteiger charge is 2.20. The minimum absolute atomic E-state index is 1.00. The molecule has 14 heavy (non-hydrogen) atoms. The number of likely N-dealkylation sites (tertiary alicyclic amines) is 1. The highest BCUT2D eigenvalue weighted by molar-refractivity contribution is 6.50. The molecule has 1 fully saturated rings. The summed E-state index contributed by atoms with van der Waals surface area (Å²) >= 11 is 0. The quantitative estimate of drug-likeness (QED) is 0.374. The maximum atomic E-state index is 9.75. The minimum atomic E-state index is -6.00. The van der Waals surface area contributed by atoms with Gasteiger partial charge >= 0.3 is 7.25 Å². The number of hydrogen-bond acceptors (Lipinski definition) is 1. The number of aliphatic hydroxyl groups is 1. The van der Waals surface area contributed by atoms with Gasteiger partial charge in [0.1, 0.15) is 0 Å². The Morgan fingerprint density at radius 3 is 1.21 bits per heavy atom. The summed E-state index contributed by atoms with van der Waals surface area (Å²) in [5.74, 6) is 0. The predicted octanol–water partition coefficient (Wildman–Crippen LogP) is 1.77. The molecule has 1 heterocycles. The third kappa shape index (κ3) is 17.7. The van der Waals surface area contributed by atoms with Crippen LogP contribution in [0.4, 0.5) is 17.3 Å². The molecule has 0 aromatic heterocycles. The lowest BCUT2D eigenvalue weighted by molar-refractivity contribution is -0.877. The topological polar surface area (TPSA) is 20.2 Å². The van der Waals surface area contributed by atoms with E-state index in [1.807, 2.05) is 0 Å². The Kier molecular flexibility index (Phi) is 8.14. The summed E-state index contributed by atoms with van der Waals surface area (Å²) < 4.78 is 40.2. The van der Waals surface area contributed by atoms with E-state index in [9.17, 15) is 17.3 Å². The van der Waals surface area contributed by atoms with Crippen LogP contribution in [0.2, 0.25) is 0 Å². The summed E-state index contributed by atoms with van der Waals surface area (Å²) in [6.45, 7) is 2.78. The smallest absolute Gasteiger partial charge is 0.418 e. The summed E-state index contributed by atoms with van der Waals surface area (Å²) in [5, 5.41) is 7.00. The molecule has 0 radical (unpaired) electrons. The van der Waals surface area contributed by atoms with E-state index in [4.69, 9.17) is 5.11 Å². The van der Waals surface area contributed by atoms with Gasteiger partial charge in [0, 0.05) is 20.0 Å². The lowest BCUT2D eigenvalue weighted by atomic mass is 10.3. The van der Waals surface area contributed by atoms with Crippen molar-refractivity contribution in [3.63, 3.8) is 0 Å². The maximum Gasteiger partial charge on any atom is 0.673 e. The molecule has 0 aromatic rings. The van der Waals surface area contributed by atoms with E-state index in [1.54, 1.807) is 0 Å². The van der Waals surface area contributed by atoms with Gasteiger partial charge in [0.2, 0.25) is 0 Å². The first-order valence-corrected chi connectivity index (χ1v) is 4.35. The molecule has 0 amide bonds. The van der Waals surface area contributed by atoms with Crippen molar-refractivity contribution in [2.24, 2.45) is 0 Å². The first-order valence-electron chi connectivity index (χ1n) is 4.35. The van der Waals surface area contributed by atoms with Crippen molar-refractivity contribution in [3.05, 3.63) is 0 Å². The summed E-state index contributed by atoms with van der Waals surface area (Å²) in [7, 11) is -0.403. The van der Waals surface area contributed by atoms with Crippen LogP contribution in [-0.2, 0) is 0 Å². The van der Waals surface area contributed by atoms with Crippen LogP contribution in [0.3, 0.4) is 0 Å². The molecule has 1 rings (SSSR count). The molecule has 1 saturated heterocycles. The number of rotatable bonds is 0. The van der Waals surface area contributed by atoms with Crippen molar-refractivity contribution in [1.82, 2.24) is 0 Å². The van der Waals surface area contributed by atoms with E-state index in [1.165, 1.54) is 30.4 Å². The number of halogens is 4. The Morgan fingerprint density at radius 1 is 0.929 bits per heavy atom. The van der Waals surface area contributed by atoms with Crippen LogP contribution in [0.25, 0.3) is 0 Å². The van der Waals surface area contributed by atoms with Gasteiger partial charge in [-0.2, -0.15) is 0 Å². The fourth-order valence-electron chi connectivity index (χ4n) is 1.19. The molecule has 0 atom stereocenters. The summed E-state index contributed by atoms with van der Waals surface area (Å²) in [6, 6.07) is 0. The molecule has 0 aliphatic carbocycles. The van der Waals surface area contributed by atoms with Crippen molar-refractivity contribution in [2.75, 3.05) is 34.3 Å². The van der Waals surface area contributed by atoms with Gasteiger partial charge in [-0.1, -0.05) is 0 Å². The van der Waals surface area contributed by atoms with Gasteiger partial charge in [-0.15, -0.1) is 0 Å². The summed E-state index contributed by atoms with van der Waals surface area (Å²) in [5.41, 5.74) is 0. The maximum absolute atomic E-state index is 9.75. The normalized spacial score (nSPS) is 18.9. The van der Waals surface area contributed by atoms with Crippen molar-refractivity contribution in [1.29, 1.82) is 0 Å². The highest BCUT2D eigenvalue weighted by atomic mass is 19.5. The molecule has 0 bridgehead atoms. The third-order valence-electron chi connectivity index (χ3n) is 1.78. The van der Waals surface area contributed by atoms with E-state index in [2.05, 4.69) is 14.1 Å². The van der Waals surface area contributed by atoms with Gasteiger partial charge in [0.25, 0.3) is 0 Å². The van der Waals surface area contributed by atoms with Crippen LogP contribution in [0.5, 0.6) is 0 Å². The SMILES string of the molecule is CO.C[N+]1(C)CCCC1.F[B-](F)(F)F. The van der Waals surface area contributed by atoms with Crippen LogP contribution in [-0.4, -0.2) is 51.1 Å². The van der Waals surface area contributed by atoms with Crippen LogP contribution >= 0.6 is 0 Å². The first kappa shape index (κ1) is 16.1. The molecule has 1 N–H and O–H groups in total. The monoisotopic (exact) mass is 219 g/mol. The van der Waals surface area contributed by atoms with Crippen LogP contribution < -0.4 is 0 Å². The molecular formula is C7H18BF4NO. The van der Waals surface area contributed by atoms with Crippen molar-refractivity contribution >= 4 is 7.25 Å². The molecule has 1 aliphatic rings. The highest BCUT2D eigenvalue weighted by Crippen LogP contribution is 2.11. The Morgan fingerprint density at radius 2 is 1.14 bits per heavy atom. The summed E-state index contributed by atoms with van der Waals surface area (Å²) in [6.07, 6.45) is 2.88. The number of aliphatic hydroxyl groups excluding tert-OH is 1. The van der Waals surface area contributed by atoms with E-state index in [0.29, 0.717) is 0 Å².